The van der Waals surface area contributed by atoms with Crippen molar-refractivity contribution in [3.63, 3.8) is 0 Å². The molecule has 2 heterocycles. The number of aromatic nitrogens is 2. The van der Waals surface area contributed by atoms with Crippen molar-refractivity contribution in [2.24, 2.45) is 0 Å². The van der Waals surface area contributed by atoms with E-state index in [9.17, 15) is 9.18 Å². The summed E-state index contributed by atoms with van der Waals surface area (Å²) in [6.45, 7) is 1.77. The van der Waals surface area contributed by atoms with Crippen molar-refractivity contribution < 1.29 is 13.7 Å². The number of nitrogens with one attached hydrogen (secondary N) is 2. The molecule has 2 atom stereocenters. The van der Waals surface area contributed by atoms with Gasteiger partial charge >= 0.3 is 0 Å². The van der Waals surface area contributed by atoms with Crippen molar-refractivity contribution >= 4 is 17.7 Å². The van der Waals surface area contributed by atoms with Gasteiger partial charge in [0.25, 0.3) is 0 Å². The zero-order chi connectivity index (χ0) is 15.5. The average molecular weight is 322 g/mol. The summed E-state index contributed by atoms with van der Waals surface area (Å²) >= 11 is 1.68. The molecule has 3 rings (SSSR count). The van der Waals surface area contributed by atoms with Gasteiger partial charge in [-0.05, 0) is 19.1 Å². The Morgan fingerprint density at radius 2 is 2.45 bits per heavy atom. The summed E-state index contributed by atoms with van der Waals surface area (Å²) in [5.41, 5.74) is 0.530. The molecule has 6 nitrogen and oxygen atoms in total. The number of amides is 1. The lowest BCUT2D eigenvalue weighted by Gasteiger charge is -2.13. The lowest BCUT2D eigenvalue weighted by Crippen LogP contribution is -2.43. The fourth-order valence-electron chi connectivity index (χ4n) is 2.10. The molecule has 0 saturated carbocycles. The summed E-state index contributed by atoms with van der Waals surface area (Å²) in [6, 6.07) is 5.35. The third-order valence-electron chi connectivity index (χ3n) is 3.29. The Labute approximate surface area is 130 Å². The minimum Gasteiger partial charge on any atom is -0.343 e. The number of rotatable bonds is 4. The van der Waals surface area contributed by atoms with Gasteiger partial charge in [-0.25, -0.2) is 4.39 Å². The first kappa shape index (κ1) is 15.0. The molecule has 1 aliphatic heterocycles. The van der Waals surface area contributed by atoms with Crippen molar-refractivity contribution in [2.45, 2.75) is 19.0 Å². The van der Waals surface area contributed by atoms with E-state index in [2.05, 4.69) is 20.8 Å². The number of halogens is 1. The van der Waals surface area contributed by atoms with E-state index in [0.29, 0.717) is 17.3 Å². The van der Waals surface area contributed by atoms with E-state index in [0.717, 1.165) is 11.6 Å². The van der Waals surface area contributed by atoms with Crippen molar-refractivity contribution in [1.82, 2.24) is 20.8 Å². The number of carbonyl (C=O) groups excluding carboxylic acids is 1. The normalized spacial score (nSPS) is 19.1. The van der Waals surface area contributed by atoms with Crippen LogP contribution in [0.4, 0.5) is 4.39 Å². The highest BCUT2D eigenvalue weighted by Crippen LogP contribution is 2.19. The van der Waals surface area contributed by atoms with Crippen LogP contribution in [0.3, 0.4) is 0 Å². The summed E-state index contributed by atoms with van der Waals surface area (Å²) in [5.74, 6) is 1.65. The van der Waals surface area contributed by atoms with Gasteiger partial charge in [-0.15, -0.1) is 11.8 Å². The maximum Gasteiger partial charge on any atom is 0.249 e. The molecule has 1 amide bonds. The zero-order valence-electron chi connectivity index (χ0n) is 11.9. The molecular formula is C14H15FN4O2S. The van der Waals surface area contributed by atoms with E-state index in [-0.39, 0.29) is 17.8 Å². The second kappa shape index (κ2) is 6.45. The molecule has 0 bridgehead atoms. The van der Waals surface area contributed by atoms with Crippen LogP contribution in [0.25, 0.3) is 11.4 Å². The van der Waals surface area contributed by atoms with E-state index in [1.165, 1.54) is 12.1 Å². The molecule has 1 aromatic carbocycles. The van der Waals surface area contributed by atoms with Crippen LogP contribution < -0.4 is 10.6 Å². The Morgan fingerprint density at radius 3 is 3.18 bits per heavy atom. The highest BCUT2D eigenvalue weighted by molar-refractivity contribution is 7.99. The van der Waals surface area contributed by atoms with Crippen molar-refractivity contribution in [3.8, 4) is 11.4 Å². The highest BCUT2D eigenvalue weighted by atomic mass is 32.2. The van der Waals surface area contributed by atoms with Crippen LogP contribution in [0.1, 0.15) is 18.9 Å². The Bertz CT molecular complexity index is 672. The lowest BCUT2D eigenvalue weighted by atomic mass is 10.2. The summed E-state index contributed by atoms with van der Waals surface area (Å²) in [4.78, 5) is 16.2. The standard InChI is InChI=1S/C14H15FN4O2S/c1-8(17-13(20)11-6-22-7-16-11)14-18-12(19-21-14)9-3-2-4-10(15)5-9/h2-5,8,11,16H,6-7H2,1H3,(H,17,20)/t8-,11+/m0/s1. The molecule has 22 heavy (non-hydrogen) atoms. The van der Waals surface area contributed by atoms with Crippen molar-refractivity contribution in [1.29, 1.82) is 0 Å². The SMILES string of the molecule is C[C@H](NC(=O)[C@H]1CSCN1)c1nc(-c2cccc(F)c2)no1. The van der Waals surface area contributed by atoms with E-state index < -0.39 is 6.04 Å². The number of hydrogen-bond acceptors (Lipinski definition) is 6. The monoisotopic (exact) mass is 322 g/mol. The van der Waals surface area contributed by atoms with Crippen molar-refractivity contribution in [2.75, 3.05) is 11.6 Å². The van der Waals surface area contributed by atoms with Gasteiger partial charge < -0.3 is 9.84 Å². The van der Waals surface area contributed by atoms with Crippen LogP contribution >= 0.6 is 11.8 Å². The predicted octanol–water partition coefficient (Wildman–Crippen LogP) is 1.72. The largest absolute Gasteiger partial charge is 0.343 e. The second-order valence-corrected chi connectivity index (χ2v) is 6.00. The molecule has 0 spiro atoms. The number of nitrogens with zero attached hydrogens (tertiary/aromatic N) is 2. The second-order valence-electron chi connectivity index (χ2n) is 4.97. The number of thioether (sulfide) groups is 1. The molecule has 1 aromatic heterocycles. The van der Waals surface area contributed by atoms with Gasteiger partial charge in [0.1, 0.15) is 11.9 Å². The highest BCUT2D eigenvalue weighted by Gasteiger charge is 2.25. The van der Waals surface area contributed by atoms with Gasteiger partial charge in [-0.2, -0.15) is 4.98 Å². The molecule has 1 aliphatic rings. The van der Waals surface area contributed by atoms with Gasteiger partial charge in [-0.1, -0.05) is 17.3 Å². The molecule has 2 N–H and O–H groups in total. The number of hydrogen-bond donors (Lipinski definition) is 2. The Kier molecular flexibility index (Phi) is 4.39. The van der Waals surface area contributed by atoms with Gasteiger partial charge in [0.2, 0.25) is 17.6 Å². The minimum atomic E-state index is -0.408. The molecule has 0 radical (unpaired) electrons. The molecule has 2 aromatic rings. The topological polar surface area (TPSA) is 80.0 Å². The van der Waals surface area contributed by atoms with E-state index in [1.54, 1.807) is 30.8 Å². The van der Waals surface area contributed by atoms with Crippen LogP contribution in [0.2, 0.25) is 0 Å². The van der Waals surface area contributed by atoms with Gasteiger partial charge in [-0.3, -0.25) is 10.1 Å². The van der Waals surface area contributed by atoms with Gasteiger partial charge in [0.15, 0.2) is 0 Å². The maximum atomic E-state index is 13.2. The summed E-state index contributed by atoms with van der Waals surface area (Å²) in [5, 5.41) is 9.75. The van der Waals surface area contributed by atoms with Crippen LogP contribution in [0, 0.1) is 5.82 Å². The van der Waals surface area contributed by atoms with Gasteiger partial charge in [0, 0.05) is 17.2 Å². The average Bonchev–Trinajstić information content (AvgIpc) is 3.19. The van der Waals surface area contributed by atoms with E-state index in [1.807, 2.05) is 0 Å². The first-order valence-corrected chi connectivity index (χ1v) is 8.00. The van der Waals surface area contributed by atoms with Crippen molar-refractivity contribution in [3.05, 3.63) is 36.0 Å². The van der Waals surface area contributed by atoms with E-state index in [4.69, 9.17) is 4.52 Å². The number of benzene rings is 1. The Morgan fingerprint density at radius 1 is 1.59 bits per heavy atom. The molecule has 0 unspecified atom stereocenters. The number of carbonyl (C=O) groups is 1. The van der Waals surface area contributed by atoms with Crippen LogP contribution in [-0.2, 0) is 4.79 Å². The van der Waals surface area contributed by atoms with Crippen LogP contribution in [-0.4, -0.2) is 33.7 Å². The van der Waals surface area contributed by atoms with Gasteiger partial charge in [0.05, 0.1) is 6.04 Å². The third-order valence-corrected chi connectivity index (χ3v) is 4.23. The molecule has 1 saturated heterocycles. The lowest BCUT2D eigenvalue weighted by molar-refractivity contribution is -0.123. The van der Waals surface area contributed by atoms with Crippen LogP contribution in [0.5, 0.6) is 0 Å². The molecular weight excluding hydrogens is 307 g/mol. The quantitative estimate of drug-likeness (QED) is 0.892. The minimum absolute atomic E-state index is 0.0944. The first-order chi connectivity index (χ1) is 10.6. The summed E-state index contributed by atoms with van der Waals surface area (Å²) in [7, 11) is 0. The van der Waals surface area contributed by atoms with E-state index >= 15 is 0 Å². The molecule has 0 aliphatic carbocycles. The molecule has 1 fully saturated rings. The molecule has 116 valence electrons. The zero-order valence-corrected chi connectivity index (χ0v) is 12.7. The fourth-order valence-corrected chi connectivity index (χ4v) is 3.04. The fraction of sp³-hybridized carbons (Fsp3) is 0.357. The summed E-state index contributed by atoms with van der Waals surface area (Å²) < 4.78 is 18.4. The molecule has 8 heteroatoms. The summed E-state index contributed by atoms with van der Waals surface area (Å²) in [6.07, 6.45) is 0. The predicted molar refractivity (Wildman–Crippen MR) is 80.5 cm³/mol. The first-order valence-electron chi connectivity index (χ1n) is 6.84. The Hall–Kier alpha value is -1.93. The smallest absolute Gasteiger partial charge is 0.249 e. The Balaban J connectivity index is 1.68. The maximum absolute atomic E-state index is 13.2. The third kappa shape index (κ3) is 3.28. The van der Waals surface area contributed by atoms with Crippen LogP contribution in [0.15, 0.2) is 28.8 Å².